The molecule has 100 valence electrons. The topological polar surface area (TPSA) is 49.7 Å². The number of rotatable bonds is 3. The van der Waals surface area contributed by atoms with Gasteiger partial charge in [0.15, 0.2) is 0 Å². The van der Waals surface area contributed by atoms with Crippen molar-refractivity contribution in [3.63, 3.8) is 0 Å². The van der Waals surface area contributed by atoms with Crippen molar-refractivity contribution in [2.45, 2.75) is 57.3 Å². The molecule has 2 rings (SSSR count). The van der Waals surface area contributed by atoms with Crippen LogP contribution in [0.4, 0.5) is 0 Å². The molecule has 3 unspecified atom stereocenters. The first-order valence-electron chi connectivity index (χ1n) is 6.79. The molecule has 1 aliphatic carbocycles. The first-order chi connectivity index (χ1) is 8.66. The molecule has 0 aromatic heterocycles. The number of hydrogen-bond donors (Lipinski definition) is 2. The van der Waals surface area contributed by atoms with E-state index in [1.165, 1.54) is 6.42 Å². The highest BCUT2D eigenvalue weighted by Crippen LogP contribution is 2.24. The van der Waals surface area contributed by atoms with Crippen molar-refractivity contribution in [2.24, 2.45) is 0 Å². The molecule has 0 radical (unpaired) electrons. The van der Waals surface area contributed by atoms with Gasteiger partial charge in [0.2, 0.25) is 0 Å². The zero-order chi connectivity index (χ0) is 13.0. The minimum atomic E-state index is -0.456. The van der Waals surface area contributed by atoms with E-state index in [9.17, 15) is 10.2 Å². The van der Waals surface area contributed by atoms with Crippen LogP contribution >= 0.6 is 0 Å². The summed E-state index contributed by atoms with van der Waals surface area (Å²) in [6, 6.07) is 7.45. The van der Waals surface area contributed by atoms with E-state index < -0.39 is 6.10 Å². The summed E-state index contributed by atoms with van der Waals surface area (Å²) in [7, 11) is 0. The van der Waals surface area contributed by atoms with E-state index in [1.807, 2.05) is 24.3 Å². The second-order valence-electron chi connectivity index (χ2n) is 5.11. The molecule has 0 heterocycles. The van der Waals surface area contributed by atoms with Crippen LogP contribution in [-0.4, -0.2) is 22.4 Å². The molecule has 1 aliphatic rings. The minimum Gasteiger partial charge on any atom is -0.488 e. The average molecular weight is 250 g/mol. The molecule has 2 N–H and O–H groups in total. The van der Waals surface area contributed by atoms with Gasteiger partial charge in [-0.15, -0.1) is 0 Å². The highest BCUT2D eigenvalue weighted by Gasteiger charge is 2.23. The second kappa shape index (κ2) is 6.21. The van der Waals surface area contributed by atoms with E-state index in [4.69, 9.17) is 4.74 Å². The zero-order valence-corrected chi connectivity index (χ0v) is 10.9. The van der Waals surface area contributed by atoms with E-state index in [-0.39, 0.29) is 12.2 Å². The molecule has 18 heavy (non-hydrogen) atoms. The van der Waals surface area contributed by atoms with Gasteiger partial charge >= 0.3 is 0 Å². The average Bonchev–Trinajstić information content (AvgIpc) is 2.56. The molecule has 1 aromatic carbocycles. The van der Waals surface area contributed by atoms with Gasteiger partial charge in [0.25, 0.3) is 0 Å². The molecule has 0 aliphatic heterocycles. The van der Waals surface area contributed by atoms with Crippen LogP contribution in [0.1, 0.15) is 50.7 Å². The van der Waals surface area contributed by atoms with Crippen LogP contribution in [0.3, 0.4) is 0 Å². The molecular weight excluding hydrogens is 228 g/mol. The van der Waals surface area contributed by atoms with Crippen molar-refractivity contribution < 1.29 is 14.9 Å². The summed E-state index contributed by atoms with van der Waals surface area (Å²) in [5, 5.41) is 19.4. The van der Waals surface area contributed by atoms with Crippen LogP contribution in [0.15, 0.2) is 24.3 Å². The summed E-state index contributed by atoms with van der Waals surface area (Å²) in [5.41, 5.74) is 0.878. The molecular formula is C15H22O3. The van der Waals surface area contributed by atoms with Gasteiger partial charge < -0.3 is 14.9 Å². The van der Waals surface area contributed by atoms with Crippen molar-refractivity contribution in [3.05, 3.63) is 29.8 Å². The standard InChI is InChI=1S/C15H22O3/c1-11(16)12-7-9-13(10-8-12)18-15-6-4-2-3-5-14(15)17/h7-11,14-17H,2-6H2,1H3. The summed E-state index contributed by atoms with van der Waals surface area (Å²) in [4.78, 5) is 0. The number of hydrogen-bond acceptors (Lipinski definition) is 3. The van der Waals surface area contributed by atoms with E-state index in [2.05, 4.69) is 0 Å². The van der Waals surface area contributed by atoms with Crippen molar-refractivity contribution in [3.8, 4) is 5.75 Å². The lowest BCUT2D eigenvalue weighted by Crippen LogP contribution is -2.30. The van der Waals surface area contributed by atoms with E-state index >= 15 is 0 Å². The Morgan fingerprint density at radius 2 is 1.78 bits per heavy atom. The molecule has 0 saturated heterocycles. The SMILES string of the molecule is CC(O)c1ccc(OC2CCCCCC2O)cc1. The Morgan fingerprint density at radius 3 is 2.44 bits per heavy atom. The van der Waals surface area contributed by atoms with Gasteiger partial charge in [-0.2, -0.15) is 0 Å². The fourth-order valence-electron chi connectivity index (χ4n) is 2.39. The summed E-state index contributed by atoms with van der Waals surface area (Å²) < 4.78 is 5.85. The summed E-state index contributed by atoms with van der Waals surface area (Å²) in [6.45, 7) is 1.74. The Bertz CT molecular complexity index is 359. The van der Waals surface area contributed by atoms with Gasteiger partial charge in [-0.3, -0.25) is 0 Å². The Morgan fingerprint density at radius 1 is 1.11 bits per heavy atom. The molecule has 3 nitrogen and oxygen atoms in total. The van der Waals surface area contributed by atoms with Crippen molar-refractivity contribution in [2.75, 3.05) is 0 Å². The third-order valence-corrected chi connectivity index (χ3v) is 3.57. The van der Waals surface area contributed by atoms with E-state index in [1.54, 1.807) is 6.92 Å². The fraction of sp³-hybridized carbons (Fsp3) is 0.600. The highest BCUT2D eigenvalue weighted by atomic mass is 16.5. The van der Waals surface area contributed by atoms with Crippen molar-refractivity contribution in [1.82, 2.24) is 0 Å². The number of aliphatic hydroxyl groups is 2. The quantitative estimate of drug-likeness (QED) is 0.811. The van der Waals surface area contributed by atoms with Crippen LogP contribution in [0, 0.1) is 0 Å². The lowest BCUT2D eigenvalue weighted by molar-refractivity contribution is 0.0319. The zero-order valence-electron chi connectivity index (χ0n) is 10.9. The van der Waals surface area contributed by atoms with Crippen LogP contribution in [-0.2, 0) is 0 Å². The molecule has 0 spiro atoms. The fourth-order valence-corrected chi connectivity index (χ4v) is 2.39. The van der Waals surface area contributed by atoms with Crippen LogP contribution in [0.5, 0.6) is 5.75 Å². The minimum absolute atomic E-state index is 0.0927. The molecule has 0 amide bonds. The van der Waals surface area contributed by atoms with Gasteiger partial charge in [0, 0.05) is 0 Å². The molecule has 3 heteroatoms. The number of aliphatic hydroxyl groups excluding tert-OH is 2. The van der Waals surface area contributed by atoms with Crippen LogP contribution in [0.2, 0.25) is 0 Å². The highest BCUT2D eigenvalue weighted by molar-refractivity contribution is 5.28. The van der Waals surface area contributed by atoms with Crippen LogP contribution in [0.25, 0.3) is 0 Å². The summed E-state index contributed by atoms with van der Waals surface area (Å²) in [5.74, 6) is 0.769. The smallest absolute Gasteiger partial charge is 0.124 e. The normalized spacial score (nSPS) is 26.4. The number of benzene rings is 1. The van der Waals surface area contributed by atoms with Crippen molar-refractivity contribution >= 4 is 0 Å². The molecule has 1 aromatic rings. The van der Waals surface area contributed by atoms with Gasteiger partial charge in [0.1, 0.15) is 11.9 Å². The maximum Gasteiger partial charge on any atom is 0.124 e. The van der Waals surface area contributed by atoms with Crippen molar-refractivity contribution in [1.29, 1.82) is 0 Å². The van der Waals surface area contributed by atoms with Gasteiger partial charge in [-0.1, -0.05) is 25.0 Å². The largest absolute Gasteiger partial charge is 0.488 e. The summed E-state index contributed by atoms with van der Waals surface area (Å²) >= 11 is 0. The monoisotopic (exact) mass is 250 g/mol. The molecule has 3 atom stereocenters. The first kappa shape index (κ1) is 13.4. The second-order valence-corrected chi connectivity index (χ2v) is 5.11. The first-order valence-corrected chi connectivity index (χ1v) is 6.79. The van der Waals surface area contributed by atoms with Crippen LogP contribution < -0.4 is 4.74 Å². The molecule has 1 fully saturated rings. The molecule has 1 saturated carbocycles. The number of ether oxygens (including phenoxy) is 1. The van der Waals surface area contributed by atoms with Gasteiger partial charge in [-0.25, -0.2) is 0 Å². The molecule has 0 bridgehead atoms. The maximum absolute atomic E-state index is 9.99. The van der Waals surface area contributed by atoms with E-state index in [0.717, 1.165) is 37.0 Å². The van der Waals surface area contributed by atoms with Gasteiger partial charge in [0.05, 0.1) is 12.2 Å². The maximum atomic E-state index is 9.99. The lowest BCUT2D eigenvalue weighted by atomic mass is 10.1. The predicted molar refractivity (Wildman–Crippen MR) is 70.6 cm³/mol. The third kappa shape index (κ3) is 3.47. The predicted octanol–water partition coefficient (Wildman–Crippen LogP) is 2.81. The Balaban J connectivity index is 1.99. The Kier molecular flexibility index (Phi) is 4.61. The van der Waals surface area contributed by atoms with Gasteiger partial charge in [-0.05, 0) is 43.9 Å². The Hall–Kier alpha value is -1.06. The third-order valence-electron chi connectivity index (χ3n) is 3.57. The Labute approximate surface area is 108 Å². The van der Waals surface area contributed by atoms with E-state index in [0.29, 0.717) is 0 Å². The lowest BCUT2D eigenvalue weighted by Gasteiger charge is -2.22. The summed E-state index contributed by atoms with van der Waals surface area (Å²) in [6.07, 6.45) is 4.22.